The van der Waals surface area contributed by atoms with E-state index >= 15 is 0 Å². The summed E-state index contributed by atoms with van der Waals surface area (Å²) in [7, 11) is -2.59. The third-order valence-electron chi connectivity index (χ3n) is 3.10. The van der Waals surface area contributed by atoms with Gasteiger partial charge in [0.2, 0.25) is 15.8 Å². The Balaban J connectivity index is 2.04. The molecule has 0 aliphatic carbocycles. The van der Waals surface area contributed by atoms with Crippen LogP contribution in [-0.2, 0) is 26.1 Å². The molecule has 0 fully saturated rings. The van der Waals surface area contributed by atoms with Gasteiger partial charge in [0, 0.05) is 5.56 Å². The van der Waals surface area contributed by atoms with E-state index in [9.17, 15) is 18.0 Å². The van der Waals surface area contributed by atoms with Crippen LogP contribution in [-0.4, -0.2) is 27.5 Å². The van der Waals surface area contributed by atoms with Crippen LogP contribution in [0.3, 0.4) is 0 Å². The summed E-state index contributed by atoms with van der Waals surface area (Å²) in [4.78, 5) is 23.3. The molecule has 9 heteroatoms. The summed E-state index contributed by atoms with van der Waals surface area (Å²) in [5, 5.41) is 4.98. The van der Waals surface area contributed by atoms with Crippen molar-refractivity contribution in [1.82, 2.24) is 0 Å². The summed E-state index contributed by atoms with van der Waals surface area (Å²) >= 11 is 0. The molecule has 0 unspecified atom stereocenters. The Morgan fingerprint density at radius 1 is 1.17 bits per heavy atom. The Labute approximate surface area is 138 Å². The van der Waals surface area contributed by atoms with Crippen molar-refractivity contribution in [1.29, 1.82) is 0 Å². The van der Waals surface area contributed by atoms with Crippen molar-refractivity contribution in [3.05, 3.63) is 53.0 Å². The van der Waals surface area contributed by atoms with Crippen LogP contribution in [0.2, 0.25) is 0 Å². The van der Waals surface area contributed by atoms with Crippen LogP contribution in [0.25, 0.3) is 0 Å². The maximum absolute atomic E-state index is 11.9. The topological polar surface area (TPSA) is 126 Å². The van der Waals surface area contributed by atoms with Crippen LogP contribution in [0.15, 0.2) is 39.6 Å². The van der Waals surface area contributed by atoms with E-state index < -0.39 is 22.0 Å². The number of sulfonamides is 1. The van der Waals surface area contributed by atoms with Crippen molar-refractivity contribution in [2.24, 2.45) is 5.14 Å². The van der Waals surface area contributed by atoms with Crippen LogP contribution >= 0.6 is 0 Å². The molecule has 2 aromatic rings. The molecule has 0 saturated heterocycles. The molecule has 2 N–H and O–H groups in total. The zero-order chi connectivity index (χ0) is 17.9. The number of carbonyl (C=O) groups is 2. The van der Waals surface area contributed by atoms with E-state index in [0.29, 0.717) is 5.56 Å². The number of primary sulfonamides is 1. The first-order valence-corrected chi connectivity index (χ1v) is 8.24. The number of hydrogen-bond acceptors (Lipinski definition) is 7. The maximum Gasteiger partial charge on any atom is 0.374 e. The van der Waals surface area contributed by atoms with Gasteiger partial charge in [0.25, 0.3) is 0 Å². The van der Waals surface area contributed by atoms with Gasteiger partial charge in [-0.15, -0.1) is 0 Å². The van der Waals surface area contributed by atoms with Gasteiger partial charge in [-0.1, -0.05) is 0 Å². The molecule has 128 valence electrons. The Bertz CT molecular complexity index is 866. The minimum Gasteiger partial charge on any atom is -0.463 e. The maximum atomic E-state index is 11.9. The van der Waals surface area contributed by atoms with Crippen molar-refractivity contribution < 1.29 is 31.9 Å². The summed E-state index contributed by atoms with van der Waals surface area (Å²) < 4.78 is 37.2. The summed E-state index contributed by atoms with van der Waals surface area (Å²) in [5.41, 5.74) is 0.712. The lowest BCUT2D eigenvalue weighted by molar-refractivity contribution is 0.0438. The number of furan rings is 1. The first-order valence-electron chi connectivity index (χ1n) is 6.70. The molecule has 8 nitrogen and oxygen atoms in total. The van der Waals surface area contributed by atoms with Crippen molar-refractivity contribution in [3.63, 3.8) is 0 Å². The lowest BCUT2D eigenvalue weighted by Gasteiger charge is -2.04. The standard InChI is InChI=1S/C15H15NO7S/c1-9-7-11(23-13(9)15(18)21-2)8-22-14(17)10-3-5-12(6-4-10)24(16,19)20/h3-7H,8H2,1-2H3,(H2,16,19,20). The number of ether oxygens (including phenoxy) is 2. The molecule has 0 aliphatic rings. The molecule has 0 radical (unpaired) electrons. The number of aryl methyl sites for hydroxylation is 1. The number of nitrogens with two attached hydrogens (primary N) is 1. The Hall–Kier alpha value is -2.65. The van der Waals surface area contributed by atoms with Crippen LogP contribution in [0.4, 0.5) is 0 Å². The second kappa shape index (κ2) is 6.85. The normalized spacial score (nSPS) is 11.1. The average Bonchev–Trinajstić information content (AvgIpc) is 2.92. The first kappa shape index (κ1) is 17.7. The van der Waals surface area contributed by atoms with Gasteiger partial charge in [-0.05, 0) is 37.3 Å². The minimum absolute atomic E-state index is 0.0426. The second-order valence-corrected chi connectivity index (χ2v) is 6.42. The van der Waals surface area contributed by atoms with Gasteiger partial charge >= 0.3 is 11.9 Å². The molecule has 24 heavy (non-hydrogen) atoms. The lowest BCUT2D eigenvalue weighted by Crippen LogP contribution is -2.12. The SMILES string of the molecule is COC(=O)c1oc(COC(=O)c2ccc(S(N)(=O)=O)cc2)cc1C. The number of hydrogen-bond donors (Lipinski definition) is 1. The third-order valence-corrected chi connectivity index (χ3v) is 4.03. The summed E-state index contributed by atoms with van der Waals surface area (Å²) in [6.07, 6.45) is 0. The molecule has 0 atom stereocenters. The van der Waals surface area contributed by atoms with Crippen LogP contribution in [0.5, 0.6) is 0 Å². The van der Waals surface area contributed by atoms with E-state index in [1.54, 1.807) is 13.0 Å². The predicted octanol–water partition coefficient (Wildman–Crippen LogP) is 1.38. The van der Waals surface area contributed by atoms with E-state index in [1.165, 1.54) is 31.4 Å². The van der Waals surface area contributed by atoms with Crippen LogP contribution < -0.4 is 5.14 Å². The van der Waals surface area contributed by atoms with Crippen LogP contribution in [0.1, 0.15) is 32.2 Å². The van der Waals surface area contributed by atoms with Crippen molar-refractivity contribution in [2.45, 2.75) is 18.4 Å². The molecule has 0 bridgehead atoms. The highest BCUT2D eigenvalue weighted by molar-refractivity contribution is 7.89. The van der Waals surface area contributed by atoms with Gasteiger partial charge in [0.1, 0.15) is 12.4 Å². The number of rotatable bonds is 5. The average molecular weight is 353 g/mol. The molecular weight excluding hydrogens is 338 g/mol. The fourth-order valence-electron chi connectivity index (χ4n) is 1.92. The highest BCUT2D eigenvalue weighted by Gasteiger charge is 2.17. The first-order chi connectivity index (χ1) is 11.2. The largest absolute Gasteiger partial charge is 0.463 e. The minimum atomic E-state index is -3.82. The van der Waals surface area contributed by atoms with E-state index in [0.717, 1.165) is 0 Å². The van der Waals surface area contributed by atoms with Gasteiger partial charge in [-0.3, -0.25) is 0 Å². The van der Waals surface area contributed by atoms with E-state index in [1.807, 2.05) is 0 Å². The fraction of sp³-hybridized carbons (Fsp3) is 0.200. The zero-order valence-corrected chi connectivity index (χ0v) is 13.8. The van der Waals surface area contributed by atoms with Crippen LogP contribution in [0, 0.1) is 6.92 Å². The van der Waals surface area contributed by atoms with Gasteiger partial charge in [0.15, 0.2) is 0 Å². The highest BCUT2D eigenvalue weighted by atomic mass is 32.2. The molecule has 0 amide bonds. The van der Waals surface area contributed by atoms with E-state index in [2.05, 4.69) is 4.74 Å². The molecule has 1 heterocycles. The van der Waals surface area contributed by atoms with Gasteiger partial charge in [-0.2, -0.15) is 0 Å². The predicted molar refractivity (Wildman–Crippen MR) is 81.7 cm³/mol. The zero-order valence-electron chi connectivity index (χ0n) is 12.9. The van der Waals surface area contributed by atoms with E-state index in [-0.39, 0.29) is 28.6 Å². The summed E-state index contributed by atoms with van der Waals surface area (Å²) in [5.74, 6) is -0.975. The molecule has 2 rings (SSSR count). The molecule has 0 saturated carbocycles. The molecule has 0 aliphatic heterocycles. The van der Waals surface area contributed by atoms with Gasteiger partial charge < -0.3 is 13.9 Å². The summed E-state index contributed by atoms with van der Waals surface area (Å²) in [6.45, 7) is 1.47. The number of carbonyl (C=O) groups excluding carboxylic acids is 2. The number of methoxy groups -OCH3 is 1. The van der Waals surface area contributed by atoms with Crippen molar-refractivity contribution in [2.75, 3.05) is 7.11 Å². The van der Waals surface area contributed by atoms with E-state index in [4.69, 9.17) is 14.3 Å². The quantitative estimate of drug-likeness (QED) is 0.805. The monoisotopic (exact) mass is 353 g/mol. The highest BCUT2D eigenvalue weighted by Crippen LogP contribution is 2.17. The second-order valence-electron chi connectivity index (χ2n) is 4.86. The van der Waals surface area contributed by atoms with Crippen molar-refractivity contribution in [3.8, 4) is 0 Å². The van der Waals surface area contributed by atoms with Gasteiger partial charge in [-0.25, -0.2) is 23.1 Å². The molecular formula is C15H15NO7S. The summed E-state index contributed by atoms with van der Waals surface area (Å²) in [6, 6.07) is 6.55. The Morgan fingerprint density at radius 3 is 2.33 bits per heavy atom. The number of benzene rings is 1. The molecule has 0 spiro atoms. The lowest BCUT2D eigenvalue weighted by atomic mass is 10.2. The molecule has 1 aromatic carbocycles. The molecule has 1 aromatic heterocycles. The number of esters is 2. The Morgan fingerprint density at radius 2 is 1.79 bits per heavy atom. The Kier molecular flexibility index (Phi) is 5.05. The van der Waals surface area contributed by atoms with Crippen molar-refractivity contribution >= 4 is 22.0 Å². The smallest absolute Gasteiger partial charge is 0.374 e. The van der Waals surface area contributed by atoms with Gasteiger partial charge in [0.05, 0.1) is 17.6 Å². The third kappa shape index (κ3) is 4.00. The fourth-order valence-corrected chi connectivity index (χ4v) is 2.43.